The van der Waals surface area contributed by atoms with Gasteiger partial charge in [0, 0.05) is 30.5 Å². The van der Waals surface area contributed by atoms with Crippen LogP contribution in [0.1, 0.15) is 48.9 Å². The number of benzene rings is 1. The molecule has 0 aromatic heterocycles. The number of nitrogens with one attached hydrogen (secondary N) is 2. The summed E-state index contributed by atoms with van der Waals surface area (Å²) in [5.41, 5.74) is 0.211. The minimum atomic E-state index is -0.759. The number of hydrogen-bond donors (Lipinski definition) is 5. The van der Waals surface area contributed by atoms with Crippen LogP contribution < -0.4 is 10.6 Å². The van der Waals surface area contributed by atoms with E-state index in [0.29, 0.717) is 19.4 Å². The van der Waals surface area contributed by atoms with Gasteiger partial charge in [-0.05, 0) is 37.8 Å². The molecule has 0 unspecified atom stereocenters. The molecule has 0 aliphatic carbocycles. The Hall–Kier alpha value is -0.640. The lowest BCUT2D eigenvalue weighted by Crippen LogP contribution is -2.38. The first-order chi connectivity index (χ1) is 13.4. The molecule has 1 aromatic rings. The zero-order valence-corrected chi connectivity index (χ0v) is 19.1. The van der Waals surface area contributed by atoms with Crippen molar-refractivity contribution < 1.29 is 14.7 Å². The van der Waals surface area contributed by atoms with Gasteiger partial charge in [-0.3, -0.25) is 9.59 Å². The van der Waals surface area contributed by atoms with E-state index in [9.17, 15) is 14.7 Å². The highest BCUT2D eigenvalue weighted by Crippen LogP contribution is 2.39. The van der Waals surface area contributed by atoms with Gasteiger partial charge in [0.2, 0.25) is 5.91 Å². The molecule has 1 fully saturated rings. The number of aromatic hydroxyl groups is 1. The van der Waals surface area contributed by atoms with Crippen molar-refractivity contribution >= 4 is 58.7 Å². The van der Waals surface area contributed by atoms with Crippen LogP contribution in [0.2, 0.25) is 0 Å². The van der Waals surface area contributed by atoms with E-state index < -0.39 is 4.08 Å². The van der Waals surface area contributed by atoms with E-state index in [1.807, 2.05) is 21.6 Å². The SMILES string of the molecule is O=C(CCCC[C@H]1CCSS1)NCCC(S)(S)CNC(=O)c1ccccc1O. The first-order valence-electron chi connectivity index (χ1n) is 9.43. The van der Waals surface area contributed by atoms with Crippen molar-refractivity contribution in [2.45, 2.75) is 47.9 Å². The maximum absolute atomic E-state index is 12.1. The number of para-hydroxylation sites is 1. The molecule has 156 valence electrons. The largest absolute Gasteiger partial charge is 0.507 e. The lowest BCUT2D eigenvalue weighted by atomic mass is 10.1. The van der Waals surface area contributed by atoms with Gasteiger partial charge in [-0.2, -0.15) is 25.3 Å². The average Bonchev–Trinajstić information content (AvgIpc) is 3.17. The Kier molecular flexibility index (Phi) is 10.3. The minimum Gasteiger partial charge on any atom is -0.507 e. The molecule has 5 nitrogen and oxygen atoms in total. The smallest absolute Gasteiger partial charge is 0.255 e. The van der Waals surface area contributed by atoms with Gasteiger partial charge in [-0.15, -0.1) is 0 Å². The molecule has 2 amide bonds. The zero-order chi connectivity index (χ0) is 20.4. The molecule has 0 bridgehead atoms. The van der Waals surface area contributed by atoms with Gasteiger partial charge in [0.15, 0.2) is 0 Å². The average molecular weight is 461 g/mol. The molecule has 1 aliphatic heterocycles. The highest BCUT2D eigenvalue weighted by Gasteiger charge is 2.22. The second-order valence-electron chi connectivity index (χ2n) is 6.86. The molecule has 1 aromatic carbocycles. The van der Waals surface area contributed by atoms with E-state index in [1.165, 1.54) is 24.7 Å². The number of thiol groups is 2. The Morgan fingerprint density at radius 3 is 2.71 bits per heavy atom. The first kappa shape index (κ1) is 23.6. The summed E-state index contributed by atoms with van der Waals surface area (Å²) in [4.78, 5) is 24.1. The molecule has 28 heavy (non-hydrogen) atoms. The van der Waals surface area contributed by atoms with Gasteiger partial charge in [-0.1, -0.05) is 40.1 Å². The van der Waals surface area contributed by atoms with Crippen LogP contribution in [-0.2, 0) is 4.79 Å². The lowest BCUT2D eigenvalue weighted by molar-refractivity contribution is -0.121. The van der Waals surface area contributed by atoms with Crippen molar-refractivity contribution in [1.82, 2.24) is 10.6 Å². The summed E-state index contributed by atoms with van der Waals surface area (Å²) in [5, 5.41) is 16.1. The Morgan fingerprint density at radius 1 is 1.21 bits per heavy atom. The van der Waals surface area contributed by atoms with Crippen LogP contribution in [0.3, 0.4) is 0 Å². The van der Waals surface area contributed by atoms with E-state index in [-0.39, 0.29) is 29.7 Å². The van der Waals surface area contributed by atoms with Crippen LogP contribution in [0.5, 0.6) is 5.75 Å². The van der Waals surface area contributed by atoms with Crippen molar-refractivity contribution in [2.75, 3.05) is 18.8 Å². The molecule has 0 radical (unpaired) electrons. The van der Waals surface area contributed by atoms with E-state index in [4.69, 9.17) is 0 Å². The summed E-state index contributed by atoms with van der Waals surface area (Å²) < 4.78 is -0.759. The van der Waals surface area contributed by atoms with E-state index in [1.54, 1.807) is 18.2 Å². The Bertz CT molecular complexity index is 652. The summed E-state index contributed by atoms with van der Waals surface area (Å²) in [7, 11) is 3.93. The zero-order valence-electron chi connectivity index (χ0n) is 15.7. The monoisotopic (exact) mass is 460 g/mol. The van der Waals surface area contributed by atoms with Gasteiger partial charge >= 0.3 is 0 Å². The third kappa shape index (κ3) is 8.80. The number of amides is 2. The van der Waals surface area contributed by atoms with Gasteiger partial charge in [-0.25, -0.2) is 0 Å². The molecule has 9 heteroatoms. The van der Waals surface area contributed by atoms with Crippen LogP contribution >= 0.6 is 46.8 Å². The third-order valence-corrected chi connectivity index (χ3v) is 8.21. The van der Waals surface area contributed by atoms with E-state index >= 15 is 0 Å². The summed E-state index contributed by atoms with van der Waals surface area (Å²) in [6.45, 7) is 0.659. The van der Waals surface area contributed by atoms with Gasteiger partial charge in [0.1, 0.15) is 5.75 Å². The van der Waals surface area contributed by atoms with Crippen molar-refractivity contribution in [3.05, 3.63) is 29.8 Å². The fourth-order valence-electron chi connectivity index (χ4n) is 2.78. The molecule has 3 N–H and O–H groups in total. The molecule has 1 saturated heterocycles. The van der Waals surface area contributed by atoms with Crippen molar-refractivity contribution in [2.24, 2.45) is 0 Å². The fourth-order valence-corrected chi connectivity index (χ4v) is 6.19. The highest BCUT2D eigenvalue weighted by molar-refractivity contribution is 8.77. The fraction of sp³-hybridized carbons (Fsp3) is 0.579. The van der Waals surface area contributed by atoms with Crippen LogP contribution in [0, 0.1) is 0 Å². The first-order valence-corrected chi connectivity index (χ1v) is 12.7. The molecule has 1 aliphatic rings. The number of hydrogen-bond acceptors (Lipinski definition) is 7. The van der Waals surface area contributed by atoms with Crippen molar-refractivity contribution in [3.63, 3.8) is 0 Å². The lowest BCUT2D eigenvalue weighted by Gasteiger charge is -2.23. The van der Waals surface area contributed by atoms with Crippen LogP contribution in [0.4, 0.5) is 0 Å². The van der Waals surface area contributed by atoms with Crippen LogP contribution in [-0.4, -0.2) is 45.1 Å². The quantitative estimate of drug-likeness (QED) is 0.150. The summed E-state index contributed by atoms with van der Waals surface area (Å²) in [5.74, 6) is 0.844. The molecular weight excluding hydrogens is 432 g/mol. The standard InChI is InChI=1S/C19H28N2O3S4/c22-16-7-3-2-6-15(16)18(24)21-13-19(25,26)10-11-20-17(23)8-4-1-5-14-9-12-27-28-14/h2-3,6-7,14,22,25-26H,1,4-5,8-13H2,(H,20,23)(H,21,24)/t14-/m0/s1. The normalized spacial score (nSPS) is 16.7. The molecule has 1 heterocycles. The number of rotatable bonds is 11. The van der Waals surface area contributed by atoms with Gasteiger partial charge in [0.25, 0.3) is 5.91 Å². The Labute approximate surface area is 185 Å². The van der Waals surface area contributed by atoms with Crippen molar-refractivity contribution in [1.29, 1.82) is 0 Å². The van der Waals surface area contributed by atoms with Crippen LogP contribution in [0.15, 0.2) is 24.3 Å². The number of carbonyl (C=O) groups is 2. The van der Waals surface area contributed by atoms with Gasteiger partial charge in [0.05, 0.1) is 9.64 Å². The van der Waals surface area contributed by atoms with Crippen LogP contribution in [0.25, 0.3) is 0 Å². The second-order valence-corrected chi connectivity index (χ2v) is 11.7. The van der Waals surface area contributed by atoms with E-state index in [2.05, 4.69) is 35.9 Å². The minimum absolute atomic E-state index is 0.0455. The predicted molar refractivity (Wildman–Crippen MR) is 126 cm³/mol. The van der Waals surface area contributed by atoms with Gasteiger partial charge < -0.3 is 15.7 Å². The third-order valence-electron chi connectivity index (χ3n) is 4.44. The molecule has 2 rings (SSSR count). The number of unbranched alkanes of at least 4 members (excludes halogenated alkanes) is 1. The van der Waals surface area contributed by atoms with E-state index in [0.717, 1.165) is 18.1 Å². The number of carbonyl (C=O) groups excluding carboxylic acids is 2. The predicted octanol–water partition coefficient (Wildman–Crippen LogP) is 3.90. The Balaban J connectivity index is 1.58. The number of phenolic OH excluding ortho intramolecular Hbond substituents is 1. The molecule has 0 spiro atoms. The van der Waals surface area contributed by atoms with Crippen molar-refractivity contribution in [3.8, 4) is 5.75 Å². The molecule has 1 atom stereocenters. The summed E-state index contributed by atoms with van der Waals surface area (Å²) in [6.07, 6.45) is 5.53. The second kappa shape index (κ2) is 12.1. The maximum atomic E-state index is 12.1. The Morgan fingerprint density at radius 2 is 2.00 bits per heavy atom. The maximum Gasteiger partial charge on any atom is 0.255 e. The number of phenols is 1. The highest BCUT2D eigenvalue weighted by atomic mass is 33.1. The molecular formula is C19H28N2O3S4. The molecule has 0 saturated carbocycles. The topological polar surface area (TPSA) is 78.4 Å². The summed E-state index contributed by atoms with van der Waals surface area (Å²) >= 11 is 8.94. The summed E-state index contributed by atoms with van der Waals surface area (Å²) in [6, 6.07) is 6.35.